The van der Waals surface area contributed by atoms with Gasteiger partial charge in [-0.25, -0.2) is 4.79 Å². The maximum atomic E-state index is 12.0. The topological polar surface area (TPSA) is 146 Å². The normalized spacial score (nSPS) is 27.4. The van der Waals surface area contributed by atoms with Gasteiger partial charge in [0.1, 0.15) is 24.1 Å². The fourth-order valence-electron chi connectivity index (χ4n) is 2.54. The fraction of sp³-hybridized carbons (Fsp3) is 0.714. The predicted octanol–water partition coefficient (Wildman–Crippen LogP) is -1.41. The summed E-state index contributed by atoms with van der Waals surface area (Å²) in [5.41, 5.74) is 10.3. The number of unbranched alkanes of at least 4 members (excludes halogenated alkanes) is 2. The van der Waals surface area contributed by atoms with E-state index in [2.05, 4.69) is 4.98 Å². The summed E-state index contributed by atoms with van der Waals surface area (Å²) in [7, 11) is 0. The van der Waals surface area contributed by atoms with E-state index in [9.17, 15) is 15.0 Å². The zero-order valence-electron chi connectivity index (χ0n) is 12.9. The van der Waals surface area contributed by atoms with Gasteiger partial charge in [-0.05, 0) is 31.9 Å². The third-order valence-electron chi connectivity index (χ3n) is 3.78. The van der Waals surface area contributed by atoms with Gasteiger partial charge in [-0.15, -0.1) is 0 Å². The summed E-state index contributed by atoms with van der Waals surface area (Å²) in [6, 6.07) is 1.46. The first-order valence-corrected chi connectivity index (χ1v) is 7.69. The summed E-state index contributed by atoms with van der Waals surface area (Å²) >= 11 is 0. The average molecular weight is 328 g/mol. The van der Waals surface area contributed by atoms with Crippen molar-refractivity contribution in [2.24, 2.45) is 5.73 Å². The molecule has 1 aromatic heterocycles. The number of aliphatic hydroxyl groups excluding tert-OH is 2. The zero-order chi connectivity index (χ0) is 16.8. The minimum atomic E-state index is -1.04. The van der Waals surface area contributed by atoms with Crippen LogP contribution in [0.25, 0.3) is 0 Å². The Labute approximate surface area is 133 Å². The molecular formula is C14H24N4O5. The number of nitrogens with zero attached hydrogens (tertiary/aromatic N) is 2. The van der Waals surface area contributed by atoms with Gasteiger partial charge in [0, 0.05) is 12.8 Å². The molecule has 0 aliphatic carbocycles. The van der Waals surface area contributed by atoms with Gasteiger partial charge >= 0.3 is 5.69 Å². The van der Waals surface area contributed by atoms with E-state index in [1.807, 2.05) is 0 Å². The Morgan fingerprint density at radius 3 is 2.83 bits per heavy atom. The molecule has 2 unspecified atom stereocenters. The smallest absolute Gasteiger partial charge is 0.351 e. The molecule has 0 aromatic carbocycles. The second kappa shape index (κ2) is 8.37. The number of hydrogen-bond acceptors (Lipinski definition) is 8. The molecule has 23 heavy (non-hydrogen) atoms. The number of anilines is 1. The van der Waals surface area contributed by atoms with Crippen molar-refractivity contribution in [2.75, 3.05) is 25.5 Å². The minimum absolute atomic E-state index is 0.0998. The van der Waals surface area contributed by atoms with E-state index in [1.165, 1.54) is 16.8 Å². The van der Waals surface area contributed by atoms with Crippen molar-refractivity contribution in [3.05, 3.63) is 22.7 Å². The lowest BCUT2D eigenvalue weighted by Crippen LogP contribution is -2.38. The summed E-state index contributed by atoms with van der Waals surface area (Å²) in [5, 5.41) is 19.5. The molecule has 1 aliphatic rings. The summed E-state index contributed by atoms with van der Waals surface area (Å²) in [5.74, 6) is 0.0998. The summed E-state index contributed by atoms with van der Waals surface area (Å²) in [4.78, 5) is 15.6. The SMILES string of the molecule is NCCCCCOC1C(O)[C@@H](CO)O[C@H]1n1ccc(N)nc1=O. The summed E-state index contributed by atoms with van der Waals surface area (Å²) < 4.78 is 12.5. The van der Waals surface area contributed by atoms with Crippen LogP contribution >= 0.6 is 0 Å². The number of aromatic nitrogens is 2. The summed E-state index contributed by atoms with van der Waals surface area (Å²) in [6.07, 6.45) is 0.542. The number of aliphatic hydroxyl groups is 2. The van der Waals surface area contributed by atoms with E-state index in [1.54, 1.807) is 0 Å². The van der Waals surface area contributed by atoms with E-state index >= 15 is 0 Å². The molecule has 9 heteroatoms. The number of nitrogen functional groups attached to an aromatic ring is 1. The van der Waals surface area contributed by atoms with Crippen molar-refractivity contribution in [2.45, 2.75) is 43.8 Å². The maximum absolute atomic E-state index is 12.0. The minimum Gasteiger partial charge on any atom is -0.394 e. The molecule has 1 fully saturated rings. The molecule has 6 N–H and O–H groups in total. The van der Waals surface area contributed by atoms with E-state index in [0.717, 1.165) is 19.3 Å². The lowest BCUT2D eigenvalue weighted by molar-refractivity contribution is -0.0748. The van der Waals surface area contributed by atoms with Crippen LogP contribution in [0.2, 0.25) is 0 Å². The van der Waals surface area contributed by atoms with Crippen LogP contribution < -0.4 is 17.2 Å². The third kappa shape index (κ3) is 4.27. The second-order valence-electron chi connectivity index (χ2n) is 5.47. The van der Waals surface area contributed by atoms with Crippen molar-refractivity contribution in [1.82, 2.24) is 9.55 Å². The monoisotopic (exact) mass is 328 g/mol. The highest BCUT2D eigenvalue weighted by Crippen LogP contribution is 2.30. The molecule has 1 aliphatic heterocycles. The van der Waals surface area contributed by atoms with Gasteiger partial charge in [0.05, 0.1) is 6.61 Å². The van der Waals surface area contributed by atoms with Gasteiger partial charge in [-0.2, -0.15) is 4.98 Å². The first-order valence-electron chi connectivity index (χ1n) is 7.69. The summed E-state index contributed by atoms with van der Waals surface area (Å²) in [6.45, 7) is 0.648. The Morgan fingerprint density at radius 2 is 2.17 bits per heavy atom. The number of hydrogen-bond donors (Lipinski definition) is 4. The largest absolute Gasteiger partial charge is 0.394 e. The molecule has 2 heterocycles. The molecule has 0 amide bonds. The van der Waals surface area contributed by atoms with Crippen molar-refractivity contribution in [3.63, 3.8) is 0 Å². The zero-order valence-corrected chi connectivity index (χ0v) is 12.9. The highest BCUT2D eigenvalue weighted by atomic mass is 16.6. The van der Waals surface area contributed by atoms with Gasteiger partial charge in [0.15, 0.2) is 6.23 Å². The molecule has 130 valence electrons. The fourth-order valence-corrected chi connectivity index (χ4v) is 2.54. The average Bonchev–Trinajstić information content (AvgIpc) is 2.83. The first-order chi connectivity index (χ1) is 11.1. The first kappa shape index (κ1) is 17.8. The van der Waals surface area contributed by atoms with Crippen LogP contribution in [0.4, 0.5) is 5.82 Å². The van der Waals surface area contributed by atoms with E-state index in [4.69, 9.17) is 20.9 Å². The molecule has 0 radical (unpaired) electrons. The number of ether oxygens (including phenoxy) is 2. The van der Waals surface area contributed by atoms with E-state index in [-0.39, 0.29) is 12.4 Å². The van der Waals surface area contributed by atoms with Crippen LogP contribution in [0.1, 0.15) is 25.5 Å². The molecular weight excluding hydrogens is 304 g/mol. The molecule has 1 aromatic rings. The molecule has 9 nitrogen and oxygen atoms in total. The molecule has 2 rings (SSSR count). The molecule has 0 spiro atoms. The van der Waals surface area contributed by atoms with Gasteiger partial charge in [-0.1, -0.05) is 0 Å². The van der Waals surface area contributed by atoms with Crippen molar-refractivity contribution >= 4 is 5.82 Å². The van der Waals surface area contributed by atoms with Crippen LogP contribution in [-0.2, 0) is 9.47 Å². The highest BCUT2D eigenvalue weighted by Gasteiger charge is 2.45. The van der Waals surface area contributed by atoms with Gasteiger partial charge < -0.3 is 31.2 Å². The van der Waals surface area contributed by atoms with Crippen LogP contribution in [-0.4, -0.2) is 57.8 Å². The predicted molar refractivity (Wildman–Crippen MR) is 82.6 cm³/mol. The Morgan fingerprint density at radius 1 is 1.39 bits per heavy atom. The van der Waals surface area contributed by atoms with Gasteiger partial charge in [-0.3, -0.25) is 4.57 Å². The van der Waals surface area contributed by atoms with E-state index < -0.39 is 30.2 Å². The molecule has 4 atom stereocenters. The van der Waals surface area contributed by atoms with Crippen LogP contribution in [0.5, 0.6) is 0 Å². The molecule has 0 saturated carbocycles. The Kier molecular flexibility index (Phi) is 6.48. The second-order valence-corrected chi connectivity index (χ2v) is 5.47. The van der Waals surface area contributed by atoms with Crippen LogP contribution in [0.15, 0.2) is 17.1 Å². The Hall–Kier alpha value is -1.52. The van der Waals surface area contributed by atoms with Gasteiger partial charge in [0.2, 0.25) is 0 Å². The van der Waals surface area contributed by atoms with Crippen molar-refractivity contribution < 1.29 is 19.7 Å². The lowest BCUT2D eigenvalue weighted by atomic mass is 10.1. The quantitative estimate of drug-likeness (QED) is 0.426. The lowest BCUT2D eigenvalue weighted by Gasteiger charge is -2.22. The van der Waals surface area contributed by atoms with Crippen molar-refractivity contribution in [3.8, 4) is 0 Å². The Bertz CT molecular complexity index is 552. The standard InChI is InChI=1S/C14H24N4O5/c15-5-2-1-3-7-22-12-11(20)9(8-19)23-13(12)18-6-4-10(16)17-14(18)21/h4,6,9,11-13,19-20H,1-3,5,7-8,15H2,(H2,16,17,21)/t9-,11?,12?,13-/m1/s1. The third-order valence-corrected chi connectivity index (χ3v) is 3.78. The van der Waals surface area contributed by atoms with Gasteiger partial charge in [0.25, 0.3) is 0 Å². The Balaban J connectivity index is 2.09. The molecule has 0 bridgehead atoms. The highest BCUT2D eigenvalue weighted by molar-refractivity contribution is 5.23. The molecule has 1 saturated heterocycles. The maximum Gasteiger partial charge on any atom is 0.351 e. The van der Waals surface area contributed by atoms with E-state index in [0.29, 0.717) is 13.2 Å². The van der Waals surface area contributed by atoms with Crippen LogP contribution in [0.3, 0.4) is 0 Å². The number of rotatable bonds is 8. The van der Waals surface area contributed by atoms with Crippen molar-refractivity contribution in [1.29, 1.82) is 0 Å². The van der Waals surface area contributed by atoms with Crippen LogP contribution in [0, 0.1) is 0 Å². The number of nitrogens with two attached hydrogens (primary N) is 2.